The Kier molecular flexibility index (Phi) is 10.7. The summed E-state index contributed by atoms with van der Waals surface area (Å²) in [5, 5.41) is 57.7. The molecule has 0 amide bonds. The zero-order chi connectivity index (χ0) is 31.6. The van der Waals surface area contributed by atoms with Crippen LogP contribution in [0.5, 0.6) is 17.2 Å². The summed E-state index contributed by atoms with van der Waals surface area (Å²) in [6, 6.07) is 20.0. The average molecular weight is 615 g/mol. The quantitative estimate of drug-likeness (QED) is 0.0881. The Labute approximate surface area is 248 Å². The summed E-state index contributed by atoms with van der Waals surface area (Å²) in [5.41, 5.74) is 2.46. The van der Waals surface area contributed by atoms with Crippen LogP contribution < -0.4 is 4.52 Å². The molecule has 0 fully saturated rings. The van der Waals surface area contributed by atoms with Crippen LogP contribution in [0.4, 0.5) is 0 Å². The van der Waals surface area contributed by atoms with Crippen molar-refractivity contribution >= 4 is 30.7 Å². The van der Waals surface area contributed by atoms with E-state index < -0.39 is 56.4 Å². The van der Waals surface area contributed by atoms with E-state index in [0.29, 0.717) is 0 Å². The van der Waals surface area contributed by atoms with Gasteiger partial charge in [-0.2, -0.15) is 0 Å². The third kappa shape index (κ3) is 9.18. The molecule has 0 heterocycles. The molecule has 3 aromatic carbocycles. The minimum atomic E-state index is -4.11. The van der Waals surface area contributed by atoms with Crippen molar-refractivity contribution in [3.63, 3.8) is 0 Å². The first-order valence-electron chi connectivity index (χ1n) is 13.6. The Morgan fingerprint density at radius 3 is 1.07 bits per heavy atom. The minimum absolute atomic E-state index is 0.0914. The van der Waals surface area contributed by atoms with E-state index in [9.17, 15) is 49.8 Å². The van der Waals surface area contributed by atoms with Gasteiger partial charge in [0.05, 0.1) is 0 Å². The van der Waals surface area contributed by atoms with Gasteiger partial charge in [-0.15, -0.1) is 0 Å². The van der Waals surface area contributed by atoms with Gasteiger partial charge in [0.2, 0.25) is 0 Å². The summed E-state index contributed by atoms with van der Waals surface area (Å²) < 4.78 is 6.58. The molecule has 230 valence electrons. The van der Waals surface area contributed by atoms with Crippen LogP contribution >= 0.6 is 6.83 Å². The molecule has 12 heteroatoms. The van der Waals surface area contributed by atoms with E-state index in [2.05, 4.69) is 0 Å². The van der Waals surface area contributed by atoms with Gasteiger partial charge in [-0.1, -0.05) is 0 Å². The number of carbonyl (C=O) groups is 4. The molecule has 0 aromatic heterocycles. The number of hydrogen-bond acceptors (Lipinski definition) is 7. The molecule has 0 saturated carbocycles. The van der Waals surface area contributed by atoms with Crippen molar-refractivity contribution in [2.24, 2.45) is 0 Å². The van der Waals surface area contributed by atoms with Gasteiger partial charge in [-0.05, 0) is 0 Å². The fourth-order valence-electron chi connectivity index (χ4n) is 5.30. The molecular weight excluding hydrogens is 579 g/mol. The van der Waals surface area contributed by atoms with Gasteiger partial charge in [0.1, 0.15) is 0 Å². The molecule has 0 unspecified atom stereocenters. The van der Waals surface area contributed by atoms with E-state index >= 15 is 0 Å². The van der Waals surface area contributed by atoms with Gasteiger partial charge in [0.15, 0.2) is 0 Å². The normalized spacial score (nSPS) is 12.3. The number of benzene rings is 3. The van der Waals surface area contributed by atoms with E-state index in [1.54, 1.807) is 72.8 Å². The first-order valence-corrected chi connectivity index (χ1v) is 16.4. The van der Waals surface area contributed by atoms with Crippen LogP contribution in [0.2, 0.25) is 0 Å². The van der Waals surface area contributed by atoms with Crippen molar-refractivity contribution in [2.75, 3.05) is 24.6 Å². The second-order valence-electron chi connectivity index (χ2n) is 10.6. The van der Waals surface area contributed by atoms with Crippen LogP contribution in [0.25, 0.3) is 0 Å². The fourth-order valence-corrected chi connectivity index (χ4v) is 10.7. The van der Waals surface area contributed by atoms with Crippen molar-refractivity contribution in [1.29, 1.82) is 0 Å². The summed E-state index contributed by atoms with van der Waals surface area (Å²) in [7, 11) is 0. The molecule has 3 rings (SSSR count). The third-order valence-electron chi connectivity index (χ3n) is 7.60. The van der Waals surface area contributed by atoms with Crippen LogP contribution in [0.15, 0.2) is 72.8 Å². The van der Waals surface area contributed by atoms with Gasteiger partial charge in [0.25, 0.3) is 0 Å². The Morgan fingerprint density at radius 1 is 0.512 bits per heavy atom. The van der Waals surface area contributed by atoms with E-state index in [0.717, 1.165) is 16.7 Å². The number of aliphatic carboxylic acids is 4. The Bertz CT molecular complexity index is 1310. The Morgan fingerprint density at radius 2 is 0.791 bits per heavy atom. The van der Waals surface area contributed by atoms with Crippen molar-refractivity contribution < 1.29 is 54.3 Å². The summed E-state index contributed by atoms with van der Waals surface area (Å²) in [4.78, 5) is 46.7. The maximum atomic E-state index is 11.7. The summed E-state index contributed by atoms with van der Waals surface area (Å²) >= 11 is 0. The second-order valence-corrected chi connectivity index (χ2v) is 16.3. The second kappa shape index (κ2) is 14.0. The molecule has 43 heavy (non-hydrogen) atoms. The van der Waals surface area contributed by atoms with Gasteiger partial charge >= 0.3 is 248 Å². The Hall–Kier alpha value is -4.63. The van der Waals surface area contributed by atoms with E-state index in [4.69, 9.17) is 4.52 Å². The zero-order valence-corrected chi connectivity index (χ0v) is 24.2. The van der Waals surface area contributed by atoms with Gasteiger partial charge in [-0.3, -0.25) is 0 Å². The standard InChI is InChI=1S/C31H35O11P/c32-24-7-1-21(2-8-24)31(22-3-9-25(33)10-4-22)23-5-11-26(12-6-23)42-43(17-13-27(34)35,18-14-28(36)37,19-15-29(38)39)20-16-30(40)41/h1-12,31-33H,13-20H2,(H,34,35)(H,36,37)(H,38,39)(H,40,41). The molecule has 11 nitrogen and oxygen atoms in total. The molecule has 6 N–H and O–H groups in total. The van der Waals surface area contributed by atoms with E-state index in [1.807, 2.05) is 0 Å². The predicted octanol–water partition coefficient (Wildman–Crippen LogP) is 5.02. The first-order chi connectivity index (χ1) is 20.3. The third-order valence-corrected chi connectivity index (χ3v) is 13.7. The molecule has 3 aromatic rings. The van der Waals surface area contributed by atoms with E-state index in [-0.39, 0.29) is 47.8 Å². The zero-order valence-electron chi connectivity index (χ0n) is 23.3. The van der Waals surface area contributed by atoms with Gasteiger partial charge in [0, 0.05) is 0 Å². The van der Waals surface area contributed by atoms with Gasteiger partial charge in [-0.25, -0.2) is 0 Å². The molecule has 0 aliphatic heterocycles. The maximum absolute atomic E-state index is 11.7. The summed E-state index contributed by atoms with van der Waals surface area (Å²) in [5.74, 6) is -4.69. The van der Waals surface area contributed by atoms with Crippen molar-refractivity contribution in [2.45, 2.75) is 31.6 Å². The number of aromatic hydroxyl groups is 2. The van der Waals surface area contributed by atoms with Crippen LogP contribution in [-0.4, -0.2) is 79.2 Å². The molecule has 0 aliphatic rings. The Balaban J connectivity index is 2.11. The van der Waals surface area contributed by atoms with E-state index in [1.165, 1.54) is 0 Å². The molecule has 0 atom stereocenters. The number of hydrogen-bond donors (Lipinski definition) is 6. The summed E-state index contributed by atoms with van der Waals surface area (Å²) in [6.45, 7) is -4.11. The predicted molar refractivity (Wildman–Crippen MR) is 160 cm³/mol. The molecule has 0 radical (unpaired) electrons. The number of rotatable bonds is 17. The monoisotopic (exact) mass is 614 g/mol. The van der Waals surface area contributed by atoms with Crippen LogP contribution in [0, 0.1) is 0 Å². The fraction of sp³-hybridized carbons (Fsp3) is 0.290. The SMILES string of the molecule is O=C(O)CCP(CCC(=O)O)(CCC(=O)O)(CCC(=O)O)Oc1ccc(C(c2ccc(O)cc2)c2ccc(O)cc2)cc1. The number of phenols is 2. The average Bonchev–Trinajstić information content (AvgIpc) is 2.96. The molecule has 0 spiro atoms. The topological polar surface area (TPSA) is 199 Å². The van der Waals surface area contributed by atoms with Crippen LogP contribution in [0.1, 0.15) is 48.3 Å². The molecular formula is C31H35O11P. The van der Waals surface area contributed by atoms with Crippen LogP contribution in [-0.2, 0) is 19.2 Å². The molecule has 0 aliphatic carbocycles. The number of phenolic OH excluding ortho intramolecular Hbond substituents is 2. The van der Waals surface area contributed by atoms with Crippen molar-refractivity contribution in [1.82, 2.24) is 0 Å². The molecule has 0 saturated heterocycles. The van der Waals surface area contributed by atoms with Crippen LogP contribution in [0.3, 0.4) is 0 Å². The number of carboxylic acids is 4. The van der Waals surface area contributed by atoms with Crippen molar-refractivity contribution in [3.05, 3.63) is 89.5 Å². The van der Waals surface area contributed by atoms with Gasteiger partial charge < -0.3 is 0 Å². The molecule has 0 bridgehead atoms. The van der Waals surface area contributed by atoms with Crippen molar-refractivity contribution in [3.8, 4) is 17.2 Å². The number of carboxylic acid groups (broad SMARTS) is 4. The summed E-state index contributed by atoms with van der Waals surface area (Å²) in [6.07, 6.45) is -2.51. The first kappa shape index (κ1) is 32.9.